The molecular weight excluding hydrogens is 1270 g/mol. The van der Waals surface area contributed by atoms with Crippen LogP contribution in [0.25, 0.3) is 22.0 Å². The zero-order chi connectivity index (χ0) is 62.9. The van der Waals surface area contributed by atoms with E-state index in [2.05, 4.69) is 35.4 Å². The van der Waals surface area contributed by atoms with Crippen molar-refractivity contribution in [2.45, 2.75) is 28.8 Å². The zero-order valence-corrected chi connectivity index (χ0v) is 53.0. The topological polar surface area (TPSA) is 403 Å². The smallest absolute Gasteiger partial charge is 0.323 e. The Morgan fingerprint density at radius 1 is 0.636 bits per heavy atom. The van der Waals surface area contributed by atoms with Crippen LogP contribution in [0.15, 0.2) is 99.9 Å². The molecule has 1 aliphatic rings. The minimum atomic E-state index is -4.45. The molecule has 1 fully saturated rings. The van der Waals surface area contributed by atoms with E-state index in [0.29, 0.717) is 48.6 Å². The summed E-state index contributed by atoms with van der Waals surface area (Å²) in [6, 6.07) is 14.6. The fraction of sp³-hybridized carbons (Fsp3) is 0.455. The van der Waals surface area contributed by atoms with Crippen molar-refractivity contribution in [2.24, 2.45) is 7.05 Å². The van der Waals surface area contributed by atoms with Gasteiger partial charge in [0.2, 0.25) is 31.4 Å². The number of H-pyrrole nitrogens is 1. The van der Waals surface area contributed by atoms with E-state index in [1.165, 1.54) is 42.6 Å². The second-order valence-electron chi connectivity index (χ2n) is 20.1. The molecule has 1 aliphatic heterocycles. The monoisotopic (exact) mass is 1340 g/mol. The average Bonchev–Trinajstić information content (AvgIpc) is 2.01. The summed E-state index contributed by atoms with van der Waals surface area (Å²) in [7, 11) is -6.71. The maximum Gasteiger partial charge on any atom is 0.323 e. The molecule has 1 atom stereocenters. The molecule has 10 N–H and O–H groups in total. The van der Waals surface area contributed by atoms with Crippen molar-refractivity contribution in [2.75, 3.05) is 143 Å². The number of carbonyl (C=O) groups excluding carboxylic acids is 2. The largest absolute Gasteiger partial charge is 0.480 e. The molecule has 0 aliphatic carbocycles. The SMILES string of the molecule is Cn1cc(C(=O)NC[C@H](NS(=O)(=O)c2ccc(-c3ccc(S(=O)(=O)NCCCOCCOCCOCCNC(=O)CN4CCN(CC(=O)O)CCN(CC(=O)O)CCN(CC(=O)O)CC4)cc3)cc2)C(=O)O)c(=O)c2ccc(CNc3ncc[nH]3)cc21.[Y]. The summed E-state index contributed by atoms with van der Waals surface area (Å²) in [5.41, 5.74) is 1.58. The number of nitrogens with one attached hydrogen (secondary N) is 6. The number of benzene rings is 3. The Labute approximate surface area is 533 Å². The van der Waals surface area contributed by atoms with Gasteiger partial charge in [0.25, 0.3) is 5.91 Å². The Morgan fingerprint density at radius 2 is 1.14 bits per heavy atom. The molecule has 3 aromatic carbocycles. The van der Waals surface area contributed by atoms with E-state index < -0.39 is 67.8 Å². The molecule has 1 saturated heterocycles. The van der Waals surface area contributed by atoms with Crippen molar-refractivity contribution in [3.63, 3.8) is 0 Å². The Balaban J connectivity index is 0.0000141. The number of pyridine rings is 1. The standard InChI is InChI=1S/C55H74N12O18S2.Y/c1-63-34-45(52(75)44-12-3-39(31-47(44)63)32-60-55-57-14-15-58-55)53(76)59-33-46(54(77)78)62-87(81,82)43-10-6-41(7-11-43)40-4-8-42(9-5-40)86(79,80)61-13-2-25-83-27-29-85-30-28-84-26-16-56-48(68)35-64-17-19-65(36-49(69)70)21-23-67(38-51(73)74)24-22-66(20-18-64)37-50(71)72;/h3-12,14-15,31,34,46,61-62H,2,13,16-30,32-33,35-38H2,1H3,(H,56,68)(H,59,76)(H,69,70)(H,71,72)(H,73,74)(H,77,78)(H2,57,58,60);/t46-;/m0./s1. The normalized spacial score (nSPS) is 14.6. The number of carboxylic acids is 4. The summed E-state index contributed by atoms with van der Waals surface area (Å²) < 4.78 is 75.6. The number of aliphatic carboxylic acids is 4. The molecule has 0 unspecified atom stereocenters. The van der Waals surface area contributed by atoms with Gasteiger partial charge in [0.15, 0.2) is 5.95 Å². The quantitative estimate of drug-likeness (QED) is 0.0221. The number of sulfonamides is 2. The van der Waals surface area contributed by atoms with Crippen LogP contribution >= 0.6 is 0 Å². The first kappa shape index (κ1) is 72.1. The number of amides is 2. The molecule has 88 heavy (non-hydrogen) atoms. The van der Waals surface area contributed by atoms with Gasteiger partial charge >= 0.3 is 23.9 Å². The predicted molar refractivity (Wildman–Crippen MR) is 315 cm³/mol. The van der Waals surface area contributed by atoms with Gasteiger partial charge in [-0.2, -0.15) is 4.72 Å². The molecule has 0 saturated carbocycles. The Kier molecular flexibility index (Phi) is 29.6. The minimum Gasteiger partial charge on any atom is -0.480 e. The average molecular weight is 1340 g/mol. The molecule has 6 rings (SSSR count). The summed E-state index contributed by atoms with van der Waals surface area (Å²) in [4.78, 5) is 99.8. The van der Waals surface area contributed by atoms with Crippen LogP contribution in [0.3, 0.4) is 0 Å². The van der Waals surface area contributed by atoms with Crippen molar-refractivity contribution in [1.29, 1.82) is 0 Å². The van der Waals surface area contributed by atoms with Crippen LogP contribution in [0.5, 0.6) is 0 Å². The van der Waals surface area contributed by atoms with E-state index in [1.54, 1.807) is 69.0 Å². The second-order valence-corrected chi connectivity index (χ2v) is 23.6. The van der Waals surface area contributed by atoms with Crippen LogP contribution in [0.2, 0.25) is 0 Å². The maximum absolute atomic E-state index is 13.4. The van der Waals surface area contributed by atoms with Crippen molar-refractivity contribution < 1.29 is 113 Å². The Hall–Kier alpha value is -6.66. The minimum absolute atomic E-state index is 0. The van der Waals surface area contributed by atoms with E-state index in [-0.39, 0.29) is 178 Å². The third kappa shape index (κ3) is 24.0. The summed E-state index contributed by atoms with van der Waals surface area (Å²) in [5.74, 6) is -5.36. The van der Waals surface area contributed by atoms with E-state index in [0.717, 1.165) is 5.56 Å². The van der Waals surface area contributed by atoms with E-state index >= 15 is 0 Å². The fourth-order valence-corrected chi connectivity index (χ4v) is 11.3. The number of hydrogen-bond acceptors (Lipinski definition) is 20. The van der Waals surface area contributed by atoms with E-state index in [4.69, 9.17) is 14.2 Å². The summed E-state index contributed by atoms with van der Waals surface area (Å²) in [6.45, 7) is 2.81. The van der Waals surface area contributed by atoms with Crippen molar-refractivity contribution in [3.05, 3.63) is 107 Å². The first-order valence-electron chi connectivity index (χ1n) is 27.7. The van der Waals surface area contributed by atoms with Crippen LogP contribution in [0.1, 0.15) is 22.3 Å². The number of imidazole rings is 1. The Bertz CT molecular complexity index is 3370. The van der Waals surface area contributed by atoms with Crippen LogP contribution in [-0.2, 0) is 105 Å². The van der Waals surface area contributed by atoms with Gasteiger partial charge < -0.3 is 60.1 Å². The van der Waals surface area contributed by atoms with Crippen molar-refractivity contribution in [3.8, 4) is 11.1 Å². The molecule has 0 spiro atoms. The number of carbonyl (C=O) groups is 6. The number of rotatable bonds is 34. The molecule has 2 aromatic heterocycles. The third-order valence-corrected chi connectivity index (χ3v) is 16.6. The van der Waals surface area contributed by atoms with Gasteiger partial charge in [-0.15, -0.1) is 0 Å². The number of carboxylic acid groups (broad SMARTS) is 4. The summed E-state index contributed by atoms with van der Waals surface area (Å²) >= 11 is 0. The summed E-state index contributed by atoms with van der Waals surface area (Å²) in [6.07, 6.45) is 4.95. The van der Waals surface area contributed by atoms with E-state index in [9.17, 15) is 70.8 Å². The zero-order valence-electron chi connectivity index (χ0n) is 48.5. The molecule has 30 nitrogen and oxygen atoms in total. The van der Waals surface area contributed by atoms with Crippen LogP contribution in [0, 0.1) is 0 Å². The molecule has 2 amide bonds. The Morgan fingerprint density at radius 3 is 1.64 bits per heavy atom. The van der Waals surface area contributed by atoms with Gasteiger partial charge in [-0.05, 0) is 59.5 Å². The van der Waals surface area contributed by atoms with Crippen molar-refractivity contribution in [1.82, 2.24) is 54.2 Å². The predicted octanol–water partition coefficient (Wildman–Crippen LogP) is -0.991. The second kappa shape index (κ2) is 36.1. The molecule has 1 radical (unpaired) electrons. The molecular formula is C55H74N12O18S2Y. The number of nitrogens with zero attached hydrogens (tertiary/aromatic N) is 6. The molecule has 33 heteroatoms. The fourth-order valence-electron chi connectivity index (χ4n) is 9.04. The maximum atomic E-state index is 13.4. The number of ether oxygens (including phenoxy) is 3. The molecule has 3 heterocycles. The van der Waals surface area contributed by atoms with Gasteiger partial charge in [0, 0.05) is 149 Å². The molecule has 5 aromatic rings. The van der Waals surface area contributed by atoms with Gasteiger partial charge in [-0.3, -0.25) is 53.2 Å². The van der Waals surface area contributed by atoms with E-state index in [1.807, 2.05) is 4.90 Å². The first-order chi connectivity index (χ1) is 41.6. The van der Waals surface area contributed by atoms with Crippen molar-refractivity contribution >= 4 is 72.6 Å². The van der Waals surface area contributed by atoms with Crippen LogP contribution in [-0.4, -0.2) is 251 Å². The molecule has 0 bridgehead atoms. The third-order valence-electron chi connectivity index (χ3n) is 13.6. The van der Waals surface area contributed by atoms with Crippen LogP contribution in [0.4, 0.5) is 5.95 Å². The first-order valence-corrected chi connectivity index (χ1v) is 30.7. The van der Waals surface area contributed by atoms with Gasteiger partial charge in [-0.1, -0.05) is 30.3 Å². The number of anilines is 1. The summed E-state index contributed by atoms with van der Waals surface area (Å²) in [5, 5.41) is 46.6. The number of aromatic amines is 1. The van der Waals surface area contributed by atoms with Gasteiger partial charge in [0.1, 0.15) is 11.6 Å². The van der Waals surface area contributed by atoms with Crippen LogP contribution < -0.4 is 30.8 Å². The molecule has 477 valence electrons. The number of aryl methyl sites for hydroxylation is 1. The number of aromatic nitrogens is 3. The van der Waals surface area contributed by atoms with Gasteiger partial charge in [0.05, 0.1) is 74.5 Å². The number of hydrogen-bond donors (Lipinski definition) is 10. The number of fused-ring (bicyclic) bond motifs is 1. The van der Waals surface area contributed by atoms with Gasteiger partial charge in [-0.25, -0.2) is 26.5 Å².